The zero-order valence-corrected chi connectivity index (χ0v) is 18.1. The van der Waals surface area contributed by atoms with Gasteiger partial charge in [-0.15, -0.1) is 0 Å². The first-order chi connectivity index (χ1) is 16.2. The molecule has 2 heterocycles. The number of methoxy groups -OCH3 is 1. The maximum Gasteiger partial charge on any atom is 0.185 e. The monoisotopic (exact) mass is 431 g/mol. The molecule has 1 saturated heterocycles. The first-order valence-corrected chi connectivity index (χ1v) is 10.8. The fraction of sp³-hybridized carbons (Fsp3) is 0.179. The Morgan fingerprint density at radius 2 is 1.61 bits per heavy atom. The van der Waals surface area contributed by atoms with Gasteiger partial charge in [-0.1, -0.05) is 78.9 Å². The molecule has 0 N–H and O–H groups in total. The number of rotatable bonds is 4. The van der Waals surface area contributed by atoms with Gasteiger partial charge in [0.05, 0.1) is 25.3 Å². The van der Waals surface area contributed by atoms with Gasteiger partial charge in [-0.25, -0.2) is 0 Å². The molecule has 5 rings (SSSR count). The summed E-state index contributed by atoms with van der Waals surface area (Å²) in [4.78, 5) is 16.1. The highest BCUT2D eigenvalue weighted by atomic mass is 16.5. The van der Waals surface area contributed by atoms with Crippen LogP contribution in [0.4, 0.5) is 5.69 Å². The smallest absolute Gasteiger partial charge is 0.185 e. The summed E-state index contributed by atoms with van der Waals surface area (Å²) in [5.74, 6) is -0.300. The molecule has 33 heavy (non-hydrogen) atoms. The number of para-hydroxylation sites is 2. The summed E-state index contributed by atoms with van der Waals surface area (Å²) < 4.78 is 5.63. The van der Waals surface area contributed by atoms with E-state index in [0.717, 1.165) is 11.3 Å². The molecule has 1 fully saturated rings. The van der Waals surface area contributed by atoms with Crippen molar-refractivity contribution < 1.29 is 9.53 Å². The number of ether oxygens (including phenoxy) is 1. The number of carbonyl (C=O) groups is 1. The van der Waals surface area contributed by atoms with Gasteiger partial charge >= 0.3 is 0 Å². The van der Waals surface area contributed by atoms with Crippen LogP contribution >= 0.6 is 0 Å². The Kier molecular flexibility index (Phi) is 4.96. The zero-order chi connectivity index (χ0) is 23.0. The van der Waals surface area contributed by atoms with Crippen LogP contribution in [0.2, 0.25) is 0 Å². The topological polar surface area (TPSA) is 77.1 Å². The fourth-order valence-corrected chi connectivity index (χ4v) is 5.27. The lowest BCUT2D eigenvalue weighted by Crippen LogP contribution is -2.44. The summed E-state index contributed by atoms with van der Waals surface area (Å²) in [6.07, 6.45) is 3.82. The third kappa shape index (κ3) is 2.94. The summed E-state index contributed by atoms with van der Waals surface area (Å²) >= 11 is 0. The van der Waals surface area contributed by atoms with Crippen molar-refractivity contribution in [3.05, 3.63) is 102 Å². The largest absolute Gasteiger partial charge is 0.496 e. The highest BCUT2D eigenvalue weighted by Crippen LogP contribution is 2.56. The molecule has 3 aromatic carbocycles. The van der Waals surface area contributed by atoms with Gasteiger partial charge in [0.25, 0.3) is 0 Å². The molecule has 0 aromatic heterocycles. The van der Waals surface area contributed by atoms with Gasteiger partial charge in [0.1, 0.15) is 11.8 Å². The van der Waals surface area contributed by atoms with Crippen molar-refractivity contribution in [2.45, 2.75) is 18.0 Å². The van der Waals surface area contributed by atoms with Crippen molar-refractivity contribution in [2.24, 2.45) is 5.41 Å². The van der Waals surface area contributed by atoms with E-state index < -0.39 is 23.4 Å². The number of nitrogens with zero attached hydrogens (tertiary/aromatic N) is 3. The molecule has 0 saturated carbocycles. The van der Waals surface area contributed by atoms with E-state index in [0.29, 0.717) is 16.9 Å². The van der Waals surface area contributed by atoms with Gasteiger partial charge < -0.3 is 9.64 Å². The molecule has 160 valence electrons. The van der Waals surface area contributed by atoms with Crippen LogP contribution in [-0.2, 0) is 0 Å². The molecule has 0 spiro atoms. The van der Waals surface area contributed by atoms with Crippen molar-refractivity contribution in [3.8, 4) is 17.9 Å². The van der Waals surface area contributed by atoms with Crippen LogP contribution in [0.5, 0.6) is 5.75 Å². The van der Waals surface area contributed by atoms with E-state index in [1.165, 1.54) is 0 Å². The molecule has 0 aliphatic carbocycles. The van der Waals surface area contributed by atoms with E-state index in [1.54, 1.807) is 25.3 Å². The van der Waals surface area contributed by atoms with E-state index >= 15 is 0 Å². The van der Waals surface area contributed by atoms with Crippen LogP contribution in [-0.4, -0.2) is 25.0 Å². The number of hydrogen-bond donors (Lipinski definition) is 0. The highest BCUT2D eigenvalue weighted by molar-refractivity contribution is 6.04. The van der Waals surface area contributed by atoms with Crippen molar-refractivity contribution in [1.82, 2.24) is 0 Å². The summed E-state index contributed by atoms with van der Waals surface area (Å²) in [5.41, 5.74) is 1.52. The zero-order valence-electron chi connectivity index (χ0n) is 18.1. The van der Waals surface area contributed by atoms with Gasteiger partial charge in [-0.05, 0) is 17.7 Å². The quantitative estimate of drug-likeness (QED) is 0.545. The lowest BCUT2D eigenvalue weighted by molar-refractivity contribution is 0.0950. The minimum Gasteiger partial charge on any atom is -0.496 e. The van der Waals surface area contributed by atoms with Gasteiger partial charge in [-0.2, -0.15) is 10.5 Å². The number of Topliss-reactive ketones (excluding diaryl/α,β-unsaturated/α-hetero) is 1. The highest BCUT2D eigenvalue weighted by Gasteiger charge is 2.63. The van der Waals surface area contributed by atoms with Crippen LogP contribution in [0.25, 0.3) is 6.08 Å². The molecule has 3 aromatic rings. The summed E-state index contributed by atoms with van der Waals surface area (Å²) in [6, 6.07) is 27.5. The summed E-state index contributed by atoms with van der Waals surface area (Å²) in [7, 11) is 1.56. The minimum atomic E-state index is -1.49. The van der Waals surface area contributed by atoms with Crippen molar-refractivity contribution in [2.75, 3.05) is 12.0 Å². The SMILES string of the molecule is COc1ccccc1[C@H]1[C@H](C(=O)c2ccccc2)N2c3ccccc3C=C[C@H]2C1(C#N)C#N. The molecule has 0 radical (unpaired) electrons. The molecule has 3 atom stereocenters. The van der Waals surface area contributed by atoms with Crippen LogP contribution < -0.4 is 9.64 Å². The molecule has 2 aliphatic heterocycles. The van der Waals surface area contributed by atoms with Gasteiger partial charge in [0.2, 0.25) is 0 Å². The van der Waals surface area contributed by atoms with E-state index in [2.05, 4.69) is 12.1 Å². The first-order valence-electron chi connectivity index (χ1n) is 10.8. The predicted molar refractivity (Wildman–Crippen MR) is 126 cm³/mol. The second-order valence-electron chi connectivity index (χ2n) is 8.26. The minimum absolute atomic E-state index is 0.131. The molecule has 0 unspecified atom stereocenters. The van der Waals surface area contributed by atoms with Crippen LogP contribution in [0.15, 0.2) is 84.9 Å². The number of fused-ring (bicyclic) bond motifs is 3. The number of anilines is 1. The first kappa shape index (κ1) is 20.5. The lowest BCUT2D eigenvalue weighted by Gasteiger charge is -2.35. The normalized spacial score (nSPS) is 21.9. The Morgan fingerprint density at radius 1 is 0.939 bits per heavy atom. The van der Waals surface area contributed by atoms with Crippen molar-refractivity contribution in [1.29, 1.82) is 10.5 Å². The number of ketones is 1. The molecular formula is C28H21N3O2. The molecular weight excluding hydrogens is 410 g/mol. The summed E-state index contributed by atoms with van der Waals surface area (Å²) in [5, 5.41) is 21.0. The fourth-order valence-electron chi connectivity index (χ4n) is 5.27. The van der Waals surface area contributed by atoms with E-state index in [-0.39, 0.29) is 5.78 Å². The van der Waals surface area contributed by atoms with Gasteiger partial charge in [-0.3, -0.25) is 4.79 Å². The molecule has 0 bridgehead atoms. The van der Waals surface area contributed by atoms with Crippen LogP contribution in [0.3, 0.4) is 0 Å². The van der Waals surface area contributed by atoms with E-state index in [1.807, 2.05) is 77.7 Å². The Balaban J connectivity index is 1.82. The van der Waals surface area contributed by atoms with Crippen molar-refractivity contribution >= 4 is 17.5 Å². The third-order valence-electron chi connectivity index (χ3n) is 6.72. The predicted octanol–water partition coefficient (Wildman–Crippen LogP) is 4.98. The summed E-state index contributed by atoms with van der Waals surface area (Å²) in [6.45, 7) is 0. The number of benzene rings is 3. The molecule has 5 heteroatoms. The number of nitriles is 2. The van der Waals surface area contributed by atoms with E-state index in [4.69, 9.17) is 4.74 Å². The van der Waals surface area contributed by atoms with Gasteiger partial charge in [0, 0.05) is 22.7 Å². The van der Waals surface area contributed by atoms with E-state index in [9.17, 15) is 15.3 Å². The van der Waals surface area contributed by atoms with Crippen LogP contribution in [0, 0.1) is 28.1 Å². The van der Waals surface area contributed by atoms with Gasteiger partial charge in [0.15, 0.2) is 11.2 Å². The molecule has 5 nitrogen and oxygen atoms in total. The number of carbonyl (C=O) groups excluding carboxylic acids is 1. The Hall–Kier alpha value is -4.35. The Morgan fingerprint density at radius 3 is 2.33 bits per heavy atom. The lowest BCUT2D eigenvalue weighted by atomic mass is 9.69. The Labute approximate surface area is 192 Å². The molecule has 2 aliphatic rings. The molecule has 0 amide bonds. The Bertz CT molecular complexity index is 1320. The van der Waals surface area contributed by atoms with Crippen LogP contribution in [0.1, 0.15) is 27.4 Å². The van der Waals surface area contributed by atoms with Crippen molar-refractivity contribution in [3.63, 3.8) is 0 Å². The average molecular weight is 431 g/mol. The average Bonchev–Trinajstić information content (AvgIpc) is 3.19. The maximum atomic E-state index is 14.1. The maximum absolute atomic E-state index is 14.1. The standard InChI is InChI=1S/C28H21N3O2/c1-33-23-14-8-6-12-21(23)25-26(27(32)20-10-3-2-4-11-20)31-22-13-7-5-9-19(22)15-16-24(31)28(25,17-29)18-30/h2-16,24-26H,1H3/t24-,25-,26+/m0/s1. The third-order valence-corrected chi connectivity index (χ3v) is 6.72. The number of hydrogen-bond acceptors (Lipinski definition) is 5. The second-order valence-corrected chi connectivity index (χ2v) is 8.26. The second kappa shape index (κ2) is 7.97.